The first kappa shape index (κ1) is 22.0. The van der Waals surface area contributed by atoms with Gasteiger partial charge >= 0.3 is 0 Å². The minimum atomic E-state index is -3.83. The number of primary sulfonamides is 1. The van der Waals surface area contributed by atoms with Crippen LogP contribution in [0.5, 0.6) is 11.5 Å². The predicted octanol–water partition coefficient (Wildman–Crippen LogP) is 1.21. The molecule has 2 aromatic carbocycles. The maximum Gasteiger partial charge on any atom is 0.267 e. The molecule has 3 rings (SSSR count). The quantitative estimate of drug-likeness (QED) is 0.558. The van der Waals surface area contributed by atoms with Crippen molar-refractivity contribution < 1.29 is 22.7 Å². The van der Waals surface area contributed by atoms with E-state index >= 15 is 0 Å². The summed E-state index contributed by atoms with van der Waals surface area (Å²) in [6.07, 6.45) is 0. The molecule has 31 heavy (non-hydrogen) atoms. The summed E-state index contributed by atoms with van der Waals surface area (Å²) in [5, 5.41) is 11.9. The van der Waals surface area contributed by atoms with Gasteiger partial charge in [-0.15, -0.1) is 0 Å². The highest BCUT2D eigenvalue weighted by atomic mass is 32.2. The second-order valence-electron chi connectivity index (χ2n) is 6.40. The number of carbonyl (C=O) groups is 1. The van der Waals surface area contributed by atoms with Crippen LogP contribution >= 0.6 is 0 Å². The van der Waals surface area contributed by atoms with E-state index in [1.165, 1.54) is 50.6 Å². The smallest absolute Gasteiger partial charge is 0.267 e. The van der Waals surface area contributed by atoms with Crippen molar-refractivity contribution in [3.63, 3.8) is 0 Å². The molecule has 0 radical (unpaired) electrons. The largest absolute Gasteiger partial charge is 0.497 e. The number of hydrogen-bond donors (Lipinski definition) is 2. The summed E-state index contributed by atoms with van der Waals surface area (Å²) in [4.78, 5) is 24.5. The Bertz CT molecular complexity index is 1270. The molecule has 0 bridgehead atoms. The van der Waals surface area contributed by atoms with Crippen LogP contribution in [0.3, 0.4) is 0 Å². The Labute approximate surface area is 178 Å². The van der Waals surface area contributed by atoms with Gasteiger partial charge in [0.25, 0.3) is 5.56 Å². The van der Waals surface area contributed by atoms with E-state index in [0.29, 0.717) is 28.4 Å². The molecule has 0 aliphatic rings. The lowest BCUT2D eigenvalue weighted by Crippen LogP contribution is -2.29. The van der Waals surface area contributed by atoms with E-state index in [2.05, 4.69) is 10.4 Å². The average Bonchev–Trinajstić information content (AvgIpc) is 2.74. The first-order valence-corrected chi connectivity index (χ1v) is 10.5. The fraction of sp³-hybridized carbons (Fsp3) is 0.150. The molecule has 11 heteroatoms. The van der Waals surface area contributed by atoms with Crippen molar-refractivity contribution >= 4 is 21.6 Å². The second-order valence-corrected chi connectivity index (χ2v) is 7.96. The van der Waals surface area contributed by atoms with Crippen LogP contribution in [-0.2, 0) is 21.4 Å². The molecule has 1 aromatic heterocycles. The molecule has 1 heterocycles. The van der Waals surface area contributed by atoms with Crippen LogP contribution in [0.4, 0.5) is 5.69 Å². The third kappa shape index (κ3) is 5.27. The zero-order chi connectivity index (χ0) is 22.6. The predicted molar refractivity (Wildman–Crippen MR) is 113 cm³/mol. The number of sulfonamides is 1. The van der Waals surface area contributed by atoms with Crippen molar-refractivity contribution in [2.75, 3.05) is 19.5 Å². The Morgan fingerprint density at radius 1 is 1.06 bits per heavy atom. The number of ether oxygens (including phenoxy) is 2. The lowest BCUT2D eigenvalue weighted by molar-refractivity contribution is -0.117. The molecule has 1 amide bonds. The number of anilines is 1. The molecule has 0 unspecified atom stereocenters. The second kappa shape index (κ2) is 8.98. The Balaban J connectivity index is 1.83. The van der Waals surface area contributed by atoms with E-state index in [9.17, 15) is 18.0 Å². The van der Waals surface area contributed by atoms with Gasteiger partial charge in [-0.05, 0) is 48.5 Å². The molecular weight excluding hydrogens is 424 g/mol. The lowest BCUT2D eigenvalue weighted by atomic mass is 10.1. The van der Waals surface area contributed by atoms with Crippen molar-refractivity contribution in [3.05, 3.63) is 65.0 Å². The Hall–Kier alpha value is -3.70. The summed E-state index contributed by atoms with van der Waals surface area (Å²) in [6, 6.07) is 13.3. The highest BCUT2D eigenvalue weighted by Crippen LogP contribution is 2.31. The summed E-state index contributed by atoms with van der Waals surface area (Å²) < 4.78 is 34.2. The maximum atomic E-state index is 12.4. The Kier molecular flexibility index (Phi) is 6.37. The molecule has 162 valence electrons. The van der Waals surface area contributed by atoms with Crippen molar-refractivity contribution in [1.82, 2.24) is 9.78 Å². The Morgan fingerprint density at radius 3 is 2.39 bits per heavy atom. The van der Waals surface area contributed by atoms with Gasteiger partial charge in [0.2, 0.25) is 15.9 Å². The third-order valence-electron chi connectivity index (χ3n) is 4.31. The van der Waals surface area contributed by atoms with Crippen LogP contribution in [0.25, 0.3) is 11.3 Å². The van der Waals surface area contributed by atoms with Gasteiger partial charge in [0.1, 0.15) is 18.0 Å². The molecular formula is C20H20N4O6S. The van der Waals surface area contributed by atoms with E-state index in [1.807, 2.05) is 0 Å². The molecule has 10 nitrogen and oxygen atoms in total. The first-order chi connectivity index (χ1) is 14.7. The van der Waals surface area contributed by atoms with Gasteiger partial charge in [0.05, 0.1) is 24.8 Å². The zero-order valence-corrected chi connectivity index (χ0v) is 17.5. The van der Waals surface area contributed by atoms with Crippen molar-refractivity contribution in [2.24, 2.45) is 5.14 Å². The number of nitrogens with two attached hydrogens (primary N) is 1. The van der Waals surface area contributed by atoms with Crippen LogP contribution in [0.15, 0.2) is 64.3 Å². The van der Waals surface area contributed by atoms with Crippen molar-refractivity contribution in [2.45, 2.75) is 11.4 Å². The topological polar surface area (TPSA) is 143 Å². The number of methoxy groups -OCH3 is 2. The standard InChI is InChI=1S/C20H20N4O6S/c1-29-14-5-9-18(30-2)16(11-14)17-8-10-20(26)24(23-17)12-19(25)22-13-3-6-15(7-4-13)31(21,27)28/h3-11H,12H2,1-2H3,(H,22,25)(H2,21,27,28). The third-order valence-corrected chi connectivity index (χ3v) is 5.24. The summed E-state index contributed by atoms with van der Waals surface area (Å²) in [7, 11) is -0.794. The number of amides is 1. The van der Waals surface area contributed by atoms with Crippen molar-refractivity contribution in [1.29, 1.82) is 0 Å². The number of rotatable bonds is 7. The number of hydrogen-bond acceptors (Lipinski definition) is 7. The van der Waals surface area contributed by atoms with Crippen LogP contribution < -0.4 is 25.5 Å². The molecule has 0 aliphatic heterocycles. The van der Waals surface area contributed by atoms with Gasteiger partial charge in [-0.3, -0.25) is 9.59 Å². The number of carbonyl (C=O) groups excluding carboxylic acids is 1. The lowest BCUT2D eigenvalue weighted by Gasteiger charge is -2.12. The summed E-state index contributed by atoms with van der Waals surface area (Å²) in [5.41, 5.74) is 0.886. The number of nitrogens with one attached hydrogen (secondary N) is 1. The number of aromatic nitrogens is 2. The minimum Gasteiger partial charge on any atom is -0.497 e. The van der Waals surface area contributed by atoms with Crippen LogP contribution in [-0.4, -0.2) is 38.3 Å². The summed E-state index contributed by atoms with van der Waals surface area (Å²) in [5.74, 6) is 0.585. The van der Waals surface area contributed by atoms with E-state index in [0.717, 1.165) is 4.68 Å². The fourth-order valence-electron chi connectivity index (χ4n) is 2.78. The SMILES string of the molecule is COc1ccc(OC)c(-c2ccc(=O)n(CC(=O)Nc3ccc(S(N)(=O)=O)cc3)n2)c1. The van der Waals surface area contributed by atoms with Gasteiger partial charge in [-0.1, -0.05) is 0 Å². The van der Waals surface area contributed by atoms with Gasteiger partial charge in [0.15, 0.2) is 0 Å². The first-order valence-electron chi connectivity index (χ1n) is 8.94. The van der Waals surface area contributed by atoms with E-state index < -0.39 is 21.5 Å². The zero-order valence-electron chi connectivity index (χ0n) is 16.7. The minimum absolute atomic E-state index is 0.0803. The molecule has 0 saturated carbocycles. The van der Waals surface area contributed by atoms with Gasteiger partial charge in [-0.2, -0.15) is 5.10 Å². The molecule has 0 saturated heterocycles. The van der Waals surface area contributed by atoms with Crippen LogP contribution in [0.2, 0.25) is 0 Å². The fourth-order valence-corrected chi connectivity index (χ4v) is 3.30. The molecule has 0 fully saturated rings. The normalized spacial score (nSPS) is 11.1. The molecule has 0 atom stereocenters. The van der Waals surface area contributed by atoms with Gasteiger partial charge < -0.3 is 14.8 Å². The van der Waals surface area contributed by atoms with Crippen molar-refractivity contribution in [3.8, 4) is 22.8 Å². The molecule has 3 N–H and O–H groups in total. The highest BCUT2D eigenvalue weighted by molar-refractivity contribution is 7.89. The van der Waals surface area contributed by atoms with Crippen LogP contribution in [0, 0.1) is 0 Å². The maximum absolute atomic E-state index is 12.4. The van der Waals surface area contributed by atoms with E-state index in [1.54, 1.807) is 18.2 Å². The molecule has 3 aromatic rings. The number of nitrogens with zero attached hydrogens (tertiary/aromatic N) is 2. The van der Waals surface area contributed by atoms with E-state index in [4.69, 9.17) is 14.6 Å². The number of benzene rings is 2. The summed E-state index contributed by atoms with van der Waals surface area (Å²) in [6.45, 7) is -0.351. The summed E-state index contributed by atoms with van der Waals surface area (Å²) >= 11 is 0. The van der Waals surface area contributed by atoms with Gasteiger partial charge in [0, 0.05) is 17.3 Å². The monoisotopic (exact) mass is 444 g/mol. The van der Waals surface area contributed by atoms with Gasteiger partial charge in [-0.25, -0.2) is 18.2 Å². The highest BCUT2D eigenvalue weighted by Gasteiger charge is 2.13. The van der Waals surface area contributed by atoms with E-state index in [-0.39, 0.29) is 11.4 Å². The Morgan fingerprint density at radius 2 is 1.77 bits per heavy atom. The molecule has 0 spiro atoms. The molecule has 0 aliphatic carbocycles. The van der Waals surface area contributed by atoms with Crippen LogP contribution in [0.1, 0.15) is 0 Å². The average molecular weight is 444 g/mol.